The molecule has 1 saturated carbocycles. The normalized spacial score (nSPS) is 27.1. The van der Waals surface area contributed by atoms with Crippen molar-refractivity contribution in [2.24, 2.45) is 5.92 Å². The molecule has 1 aromatic heterocycles. The van der Waals surface area contributed by atoms with Crippen LogP contribution in [0.3, 0.4) is 0 Å². The number of anilines is 2. The number of hydrogen-bond acceptors (Lipinski definition) is 5. The number of aromatic nitrogens is 2. The molecule has 0 aliphatic heterocycles. The average Bonchev–Trinajstić information content (AvgIpc) is 2.41. The van der Waals surface area contributed by atoms with Crippen LogP contribution in [0.25, 0.3) is 0 Å². The number of aryl methyl sites for hydroxylation is 1. The maximum absolute atomic E-state index is 9.82. The molecular weight excluding hydrogens is 240 g/mol. The highest BCUT2D eigenvalue weighted by atomic mass is 16.3. The summed E-state index contributed by atoms with van der Waals surface area (Å²) < 4.78 is 0. The molecule has 3 N–H and O–H groups in total. The van der Waals surface area contributed by atoms with Gasteiger partial charge in [-0.05, 0) is 25.7 Å². The van der Waals surface area contributed by atoms with Crippen molar-refractivity contribution >= 4 is 11.8 Å². The highest BCUT2D eigenvalue weighted by molar-refractivity contribution is 5.48. The molecule has 5 heteroatoms. The SMILES string of the molecule is CNc1ncc(C)c(NC2(CO)CCCC(C)C2)n1. The Labute approximate surface area is 114 Å². The van der Waals surface area contributed by atoms with Gasteiger partial charge in [-0.15, -0.1) is 0 Å². The lowest BCUT2D eigenvalue weighted by Gasteiger charge is -2.40. The first kappa shape index (κ1) is 14.1. The highest BCUT2D eigenvalue weighted by Gasteiger charge is 2.35. The number of hydrogen-bond donors (Lipinski definition) is 3. The van der Waals surface area contributed by atoms with Crippen molar-refractivity contribution < 1.29 is 5.11 Å². The summed E-state index contributed by atoms with van der Waals surface area (Å²) in [6.07, 6.45) is 6.18. The van der Waals surface area contributed by atoms with Crippen LogP contribution in [0.2, 0.25) is 0 Å². The van der Waals surface area contributed by atoms with Crippen LogP contribution in [-0.4, -0.2) is 34.3 Å². The van der Waals surface area contributed by atoms with E-state index < -0.39 is 0 Å². The average molecular weight is 264 g/mol. The lowest BCUT2D eigenvalue weighted by atomic mass is 9.77. The van der Waals surface area contributed by atoms with E-state index in [1.54, 1.807) is 13.2 Å². The molecule has 19 heavy (non-hydrogen) atoms. The van der Waals surface area contributed by atoms with E-state index in [-0.39, 0.29) is 12.1 Å². The molecule has 0 aromatic carbocycles. The molecule has 1 fully saturated rings. The van der Waals surface area contributed by atoms with Gasteiger partial charge in [-0.25, -0.2) is 4.98 Å². The Morgan fingerprint density at radius 1 is 1.53 bits per heavy atom. The standard InChI is InChI=1S/C14H24N4O/c1-10-5-4-6-14(7-10,9-19)18-12-11(2)8-16-13(15-3)17-12/h8,10,19H,4-7,9H2,1-3H3,(H2,15,16,17,18). The van der Waals surface area contributed by atoms with Gasteiger partial charge in [0.15, 0.2) is 0 Å². The van der Waals surface area contributed by atoms with E-state index in [1.165, 1.54) is 6.42 Å². The summed E-state index contributed by atoms with van der Waals surface area (Å²) in [5, 5.41) is 16.2. The summed E-state index contributed by atoms with van der Waals surface area (Å²) in [5.74, 6) is 2.06. The summed E-state index contributed by atoms with van der Waals surface area (Å²) in [7, 11) is 1.80. The van der Waals surface area contributed by atoms with Gasteiger partial charge in [-0.1, -0.05) is 19.8 Å². The third kappa shape index (κ3) is 3.15. The summed E-state index contributed by atoms with van der Waals surface area (Å²) >= 11 is 0. The van der Waals surface area contributed by atoms with Crippen LogP contribution < -0.4 is 10.6 Å². The predicted molar refractivity (Wildman–Crippen MR) is 77.4 cm³/mol. The fraction of sp³-hybridized carbons (Fsp3) is 0.714. The largest absolute Gasteiger partial charge is 0.394 e. The van der Waals surface area contributed by atoms with Crippen LogP contribution in [0, 0.1) is 12.8 Å². The van der Waals surface area contributed by atoms with E-state index in [0.717, 1.165) is 30.6 Å². The Kier molecular flexibility index (Phi) is 4.24. The first-order chi connectivity index (χ1) is 9.08. The van der Waals surface area contributed by atoms with E-state index >= 15 is 0 Å². The van der Waals surface area contributed by atoms with Gasteiger partial charge < -0.3 is 15.7 Å². The summed E-state index contributed by atoms with van der Waals surface area (Å²) in [6, 6.07) is 0. The number of aliphatic hydroxyl groups excluding tert-OH is 1. The topological polar surface area (TPSA) is 70.1 Å². The van der Waals surface area contributed by atoms with Gasteiger partial charge in [0.05, 0.1) is 12.1 Å². The van der Waals surface area contributed by atoms with Gasteiger partial charge in [0.1, 0.15) is 5.82 Å². The summed E-state index contributed by atoms with van der Waals surface area (Å²) in [6.45, 7) is 4.38. The van der Waals surface area contributed by atoms with Crippen molar-refractivity contribution in [1.29, 1.82) is 0 Å². The van der Waals surface area contributed by atoms with E-state index in [4.69, 9.17) is 0 Å². The van der Waals surface area contributed by atoms with Crippen LogP contribution in [0.4, 0.5) is 11.8 Å². The fourth-order valence-corrected chi connectivity index (χ4v) is 2.90. The molecule has 5 nitrogen and oxygen atoms in total. The van der Waals surface area contributed by atoms with Gasteiger partial charge in [0.25, 0.3) is 0 Å². The molecule has 2 atom stereocenters. The Morgan fingerprint density at radius 3 is 2.95 bits per heavy atom. The minimum atomic E-state index is -0.234. The molecule has 0 amide bonds. The number of rotatable bonds is 4. The van der Waals surface area contributed by atoms with Crippen LogP contribution in [0.15, 0.2) is 6.20 Å². The van der Waals surface area contributed by atoms with E-state index in [2.05, 4.69) is 27.5 Å². The molecule has 106 valence electrons. The number of nitrogens with zero attached hydrogens (tertiary/aromatic N) is 2. The van der Waals surface area contributed by atoms with Crippen LogP contribution in [-0.2, 0) is 0 Å². The van der Waals surface area contributed by atoms with Gasteiger partial charge in [-0.2, -0.15) is 4.98 Å². The molecule has 0 radical (unpaired) electrons. The van der Waals surface area contributed by atoms with Gasteiger partial charge in [-0.3, -0.25) is 0 Å². The molecule has 0 spiro atoms. The van der Waals surface area contributed by atoms with E-state index in [0.29, 0.717) is 11.9 Å². The predicted octanol–water partition coefficient (Wildman–Crippen LogP) is 2.18. The van der Waals surface area contributed by atoms with Crippen molar-refractivity contribution in [3.05, 3.63) is 11.8 Å². The van der Waals surface area contributed by atoms with Crippen molar-refractivity contribution in [2.45, 2.75) is 45.1 Å². The summed E-state index contributed by atoms with van der Waals surface area (Å²) in [4.78, 5) is 8.65. The minimum Gasteiger partial charge on any atom is -0.394 e. The van der Waals surface area contributed by atoms with Gasteiger partial charge >= 0.3 is 0 Å². The first-order valence-electron chi connectivity index (χ1n) is 6.99. The lowest BCUT2D eigenvalue weighted by molar-refractivity contribution is 0.149. The van der Waals surface area contributed by atoms with Crippen molar-refractivity contribution in [2.75, 3.05) is 24.3 Å². The molecule has 2 unspecified atom stereocenters. The van der Waals surface area contributed by atoms with Crippen LogP contribution >= 0.6 is 0 Å². The molecule has 2 rings (SSSR count). The Balaban J connectivity index is 2.22. The fourth-order valence-electron chi connectivity index (χ4n) is 2.90. The minimum absolute atomic E-state index is 0.148. The molecule has 1 aliphatic carbocycles. The second-order valence-corrected chi connectivity index (χ2v) is 5.74. The molecular formula is C14H24N4O. The quantitative estimate of drug-likeness (QED) is 0.777. The zero-order valence-electron chi connectivity index (χ0n) is 12.0. The van der Waals surface area contributed by atoms with E-state index in [9.17, 15) is 5.11 Å². The number of aliphatic hydroxyl groups is 1. The first-order valence-corrected chi connectivity index (χ1v) is 6.99. The molecule has 1 heterocycles. The highest BCUT2D eigenvalue weighted by Crippen LogP contribution is 2.35. The Morgan fingerprint density at radius 2 is 2.32 bits per heavy atom. The molecule has 0 bridgehead atoms. The third-order valence-corrected chi connectivity index (χ3v) is 3.97. The van der Waals surface area contributed by atoms with E-state index in [1.807, 2.05) is 6.92 Å². The third-order valence-electron chi connectivity index (χ3n) is 3.97. The molecule has 1 aromatic rings. The maximum atomic E-state index is 9.82. The summed E-state index contributed by atoms with van der Waals surface area (Å²) in [5.41, 5.74) is 0.770. The molecule has 1 aliphatic rings. The second kappa shape index (κ2) is 5.74. The zero-order chi connectivity index (χ0) is 13.9. The van der Waals surface area contributed by atoms with Crippen molar-refractivity contribution in [1.82, 2.24) is 9.97 Å². The van der Waals surface area contributed by atoms with Crippen LogP contribution in [0.1, 0.15) is 38.2 Å². The van der Waals surface area contributed by atoms with Crippen LogP contribution in [0.5, 0.6) is 0 Å². The zero-order valence-corrected chi connectivity index (χ0v) is 12.0. The van der Waals surface area contributed by atoms with Gasteiger partial charge in [0, 0.05) is 18.8 Å². The molecule has 0 saturated heterocycles. The van der Waals surface area contributed by atoms with Crippen molar-refractivity contribution in [3.63, 3.8) is 0 Å². The number of nitrogens with one attached hydrogen (secondary N) is 2. The second-order valence-electron chi connectivity index (χ2n) is 5.74. The Hall–Kier alpha value is -1.36. The maximum Gasteiger partial charge on any atom is 0.224 e. The van der Waals surface area contributed by atoms with Crippen molar-refractivity contribution in [3.8, 4) is 0 Å². The van der Waals surface area contributed by atoms with Gasteiger partial charge in [0.2, 0.25) is 5.95 Å². The monoisotopic (exact) mass is 264 g/mol. The smallest absolute Gasteiger partial charge is 0.224 e. The lowest BCUT2D eigenvalue weighted by Crippen LogP contribution is -2.46. The Bertz CT molecular complexity index is 437.